The van der Waals surface area contributed by atoms with Gasteiger partial charge in [0, 0.05) is 11.1 Å². The molecule has 0 rings (SSSR count). The summed E-state index contributed by atoms with van der Waals surface area (Å²) in [7, 11) is 0. The van der Waals surface area contributed by atoms with E-state index >= 15 is 0 Å². The summed E-state index contributed by atoms with van der Waals surface area (Å²) in [6.07, 6.45) is -8.82. The normalized spacial score (nSPS) is 11.8. The van der Waals surface area contributed by atoms with Crippen LogP contribution >= 0.6 is 0 Å². The summed E-state index contributed by atoms with van der Waals surface area (Å²) in [6.45, 7) is 4.62. The van der Waals surface area contributed by atoms with Crippen LogP contribution in [0.3, 0.4) is 0 Å². The highest BCUT2D eigenvalue weighted by atomic mass is 19.3. The third kappa shape index (κ3) is 12.9. The van der Waals surface area contributed by atoms with E-state index < -0.39 is 44.2 Å². The number of carbonyl (C=O) groups is 2. The molecule has 0 atom stereocenters. The maximum atomic E-state index is 13.3. The summed E-state index contributed by atoms with van der Waals surface area (Å²) in [5.41, 5.74) is -0.0795. The molecule has 156 valence electrons. The molecule has 0 unspecified atom stereocenters. The number of ether oxygens (including phenoxy) is 4. The van der Waals surface area contributed by atoms with Gasteiger partial charge in [-0.3, -0.25) is 9.62 Å². The third-order valence-corrected chi connectivity index (χ3v) is 2.25. The van der Waals surface area contributed by atoms with Crippen molar-refractivity contribution >= 4 is 11.9 Å². The van der Waals surface area contributed by atoms with Gasteiger partial charge in [-0.15, -0.1) is 0 Å². The molecule has 0 aromatic heterocycles. The molecule has 0 aromatic rings. The van der Waals surface area contributed by atoms with Crippen molar-refractivity contribution in [2.24, 2.45) is 0 Å². The average molecular weight is 404 g/mol. The topological polar surface area (TPSA) is 89.5 Å². The van der Waals surface area contributed by atoms with Crippen molar-refractivity contribution in [3.05, 3.63) is 24.3 Å². The van der Waals surface area contributed by atoms with Gasteiger partial charge in [-0.05, 0) is 13.8 Å². The first-order valence-electron chi connectivity index (χ1n) is 7.29. The Kier molecular flexibility index (Phi) is 10.8. The first kappa shape index (κ1) is 25.0. The van der Waals surface area contributed by atoms with Gasteiger partial charge in [0.1, 0.15) is 20.0 Å². The Hall–Kier alpha value is -2.02. The molecule has 0 N–H and O–H groups in total. The lowest BCUT2D eigenvalue weighted by molar-refractivity contribution is -0.393. The Morgan fingerprint density at radius 2 is 1.41 bits per heavy atom. The summed E-state index contributed by atoms with van der Waals surface area (Å²) in [5, 5.41) is 0. The van der Waals surface area contributed by atoms with Crippen LogP contribution in [-0.4, -0.2) is 57.4 Å². The minimum Gasteiger partial charge on any atom is -0.453 e. The van der Waals surface area contributed by atoms with E-state index in [2.05, 4.69) is 37.1 Å². The zero-order valence-corrected chi connectivity index (χ0v) is 14.7. The molecular weight excluding hydrogens is 384 g/mol. The van der Waals surface area contributed by atoms with E-state index in [4.69, 9.17) is 4.74 Å². The predicted octanol–water partition coefficient (Wildman–Crippen LogP) is 2.35. The minimum atomic E-state index is -4.44. The lowest BCUT2D eigenvalue weighted by Gasteiger charge is -2.23. The lowest BCUT2D eigenvalue weighted by atomic mass is 10.4. The Morgan fingerprint density at radius 1 is 0.852 bits per heavy atom. The zero-order valence-electron chi connectivity index (χ0n) is 14.7. The molecule has 0 aliphatic carbocycles. The number of rotatable bonds is 14. The molecule has 0 fully saturated rings. The van der Waals surface area contributed by atoms with Crippen LogP contribution < -0.4 is 0 Å². The fourth-order valence-electron chi connectivity index (χ4n) is 1.09. The minimum absolute atomic E-state index is 0.104. The molecule has 27 heavy (non-hydrogen) atoms. The molecule has 0 saturated heterocycles. The van der Waals surface area contributed by atoms with Gasteiger partial charge >= 0.3 is 24.2 Å². The SMILES string of the molecule is C=C(C)C(=O)OCC(F)(F)OC(F)(F)COCOCCOOC(=O)C(=C)C. The molecule has 0 amide bonds. The standard InChI is InChI=1S/C15H20F4O8/c1-10(2)12(20)24-8-15(18,19)27-14(16,17)7-23-9-22-5-6-25-26-13(21)11(3)4/h1,3,5-9H2,2,4H3. The van der Waals surface area contributed by atoms with Crippen LogP contribution in [0.1, 0.15) is 13.8 Å². The van der Waals surface area contributed by atoms with Gasteiger partial charge in [0.2, 0.25) is 0 Å². The monoisotopic (exact) mass is 404 g/mol. The Balaban J connectivity index is 3.95. The van der Waals surface area contributed by atoms with Crippen molar-refractivity contribution in [3.63, 3.8) is 0 Å². The number of halogens is 4. The van der Waals surface area contributed by atoms with Gasteiger partial charge in [0.05, 0.1) is 6.61 Å². The Bertz CT molecular complexity index is 536. The summed E-state index contributed by atoms with van der Waals surface area (Å²) >= 11 is 0. The molecule has 0 aliphatic heterocycles. The van der Waals surface area contributed by atoms with E-state index in [1.54, 1.807) is 0 Å². The van der Waals surface area contributed by atoms with Crippen molar-refractivity contribution in [1.29, 1.82) is 0 Å². The van der Waals surface area contributed by atoms with Crippen molar-refractivity contribution in [3.8, 4) is 0 Å². The van der Waals surface area contributed by atoms with E-state index in [-0.39, 0.29) is 24.4 Å². The predicted molar refractivity (Wildman–Crippen MR) is 80.4 cm³/mol. The van der Waals surface area contributed by atoms with E-state index in [1.807, 2.05) is 0 Å². The van der Waals surface area contributed by atoms with E-state index in [0.29, 0.717) is 0 Å². The molecule has 0 radical (unpaired) electrons. The largest absolute Gasteiger partial charge is 0.453 e. The quantitative estimate of drug-likeness (QED) is 0.0829. The molecular formula is C15H20F4O8. The van der Waals surface area contributed by atoms with Gasteiger partial charge in [-0.25, -0.2) is 9.59 Å². The van der Waals surface area contributed by atoms with E-state index in [0.717, 1.165) is 0 Å². The van der Waals surface area contributed by atoms with Gasteiger partial charge < -0.3 is 14.2 Å². The highest BCUT2D eigenvalue weighted by Crippen LogP contribution is 2.27. The van der Waals surface area contributed by atoms with Gasteiger partial charge in [-0.1, -0.05) is 13.2 Å². The zero-order chi connectivity index (χ0) is 21.1. The lowest BCUT2D eigenvalue weighted by Crippen LogP contribution is -2.40. The van der Waals surface area contributed by atoms with Crippen LogP contribution in [0.25, 0.3) is 0 Å². The van der Waals surface area contributed by atoms with Gasteiger partial charge in [0.25, 0.3) is 0 Å². The number of hydrogen-bond acceptors (Lipinski definition) is 8. The van der Waals surface area contributed by atoms with Gasteiger partial charge in [-0.2, -0.15) is 22.4 Å². The highest BCUT2D eigenvalue weighted by Gasteiger charge is 2.45. The van der Waals surface area contributed by atoms with Crippen LogP contribution in [0.5, 0.6) is 0 Å². The molecule has 0 heterocycles. The summed E-state index contributed by atoms with van der Waals surface area (Å²) in [6, 6.07) is 0. The second-order valence-corrected chi connectivity index (χ2v) is 5.08. The molecule has 0 aromatic carbocycles. The van der Waals surface area contributed by atoms with E-state index in [9.17, 15) is 27.2 Å². The van der Waals surface area contributed by atoms with Crippen LogP contribution in [0.2, 0.25) is 0 Å². The van der Waals surface area contributed by atoms with Crippen molar-refractivity contribution in [2.45, 2.75) is 26.1 Å². The van der Waals surface area contributed by atoms with Crippen molar-refractivity contribution in [2.75, 3.05) is 33.2 Å². The number of hydrogen-bond donors (Lipinski definition) is 0. The van der Waals surface area contributed by atoms with Crippen LogP contribution in [0.4, 0.5) is 17.6 Å². The maximum absolute atomic E-state index is 13.3. The molecule has 0 spiro atoms. The Morgan fingerprint density at radius 3 is 1.96 bits per heavy atom. The number of carbonyl (C=O) groups excluding carboxylic acids is 2. The summed E-state index contributed by atoms with van der Waals surface area (Å²) < 4.78 is 69.4. The number of esters is 1. The molecule has 0 bridgehead atoms. The molecule has 12 heteroatoms. The molecule has 8 nitrogen and oxygen atoms in total. The Labute approximate surface area is 152 Å². The fraction of sp³-hybridized carbons (Fsp3) is 0.600. The first-order chi connectivity index (χ1) is 12.4. The average Bonchev–Trinajstić information content (AvgIpc) is 2.53. The van der Waals surface area contributed by atoms with Crippen molar-refractivity contribution < 1.29 is 55.9 Å². The second-order valence-electron chi connectivity index (χ2n) is 5.08. The third-order valence-electron chi connectivity index (χ3n) is 2.25. The number of alkyl halides is 4. The van der Waals surface area contributed by atoms with Crippen LogP contribution in [-0.2, 0) is 38.3 Å². The molecule has 0 aliphatic rings. The summed E-state index contributed by atoms with van der Waals surface area (Å²) in [5.74, 6) is -1.97. The van der Waals surface area contributed by atoms with Gasteiger partial charge in [0.15, 0.2) is 6.61 Å². The maximum Gasteiger partial charge on any atom is 0.394 e. The summed E-state index contributed by atoms with van der Waals surface area (Å²) in [4.78, 5) is 30.6. The van der Waals surface area contributed by atoms with E-state index in [1.165, 1.54) is 13.8 Å². The first-order valence-corrected chi connectivity index (χ1v) is 7.29. The fourth-order valence-corrected chi connectivity index (χ4v) is 1.09. The van der Waals surface area contributed by atoms with Crippen molar-refractivity contribution in [1.82, 2.24) is 0 Å². The smallest absolute Gasteiger partial charge is 0.394 e. The second kappa shape index (κ2) is 11.6. The highest BCUT2D eigenvalue weighted by molar-refractivity contribution is 5.87. The van der Waals surface area contributed by atoms with Crippen LogP contribution in [0, 0.1) is 0 Å². The van der Waals surface area contributed by atoms with Crippen LogP contribution in [0.15, 0.2) is 24.3 Å². The molecule has 0 saturated carbocycles.